The number of aliphatic carboxylic acids is 1. The van der Waals surface area contributed by atoms with Gasteiger partial charge in [-0.1, -0.05) is 33.1 Å². The minimum absolute atomic E-state index is 0.0764. The summed E-state index contributed by atoms with van der Waals surface area (Å²) >= 11 is 0. The van der Waals surface area contributed by atoms with E-state index in [4.69, 9.17) is 5.11 Å². The van der Waals surface area contributed by atoms with E-state index < -0.39 is 5.97 Å². The Balaban J connectivity index is 2.47. The fourth-order valence-corrected chi connectivity index (χ4v) is 2.56. The van der Waals surface area contributed by atoms with Gasteiger partial charge in [0, 0.05) is 0 Å². The summed E-state index contributed by atoms with van der Waals surface area (Å²) in [6, 6.07) is 0. The van der Waals surface area contributed by atoms with Crippen LogP contribution in [0.1, 0.15) is 52.4 Å². The van der Waals surface area contributed by atoms with E-state index in [9.17, 15) is 4.79 Å². The van der Waals surface area contributed by atoms with Gasteiger partial charge in [0.25, 0.3) is 0 Å². The molecular weight excluding hydrogens is 176 g/mol. The van der Waals surface area contributed by atoms with E-state index >= 15 is 0 Å². The summed E-state index contributed by atoms with van der Waals surface area (Å²) < 4.78 is 0. The third kappa shape index (κ3) is 3.00. The fraction of sp³-hybridized carbons (Fsp3) is 0.917. The van der Waals surface area contributed by atoms with Crippen LogP contribution in [0.2, 0.25) is 0 Å². The zero-order valence-electron chi connectivity index (χ0n) is 9.33. The number of carbonyl (C=O) groups is 1. The van der Waals surface area contributed by atoms with Crippen LogP contribution in [0.25, 0.3) is 0 Å². The number of carboxylic acids is 1. The van der Waals surface area contributed by atoms with Crippen LogP contribution in [0, 0.1) is 17.8 Å². The molecule has 0 heterocycles. The van der Waals surface area contributed by atoms with Crippen LogP contribution in [0.15, 0.2) is 0 Å². The minimum atomic E-state index is -0.577. The van der Waals surface area contributed by atoms with Crippen molar-refractivity contribution < 1.29 is 9.90 Å². The second kappa shape index (κ2) is 5.38. The summed E-state index contributed by atoms with van der Waals surface area (Å²) in [5, 5.41) is 9.12. The minimum Gasteiger partial charge on any atom is -0.481 e. The topological polar surface area (TPSA) is 37.3 Å². The van der Waals surface area contributed by atoms with Crippen molar-refractivity contribution in [3.63, 3.8) is 0 Å². The lowest BCUT2D eigenvalue weighted by molar-refractivity contribution is -0.144. The van der Waals surface area contributed by atoms with Crippen LogP contribution in [0.5, 0.6) is 0 Å². The first kappa shape index (κ1) is 11.5. The molecule has 0 bridgehead atoms. The van der Waals surface area contributed by atoms with Crippen LogP contribution in [0.3, 0.4) is 0 Å². The van der Waals surface area contributed by atoms with Crippen LogP contribution in [-0.2, 0) is 4.79 Å². The van der Waals surface area contributed by atoms with Gasteiger partial charge in [0.1, 0.15) is 0 Å². The Hall–Kier alpha value is -0.530. The standard InChI is InChI=1S/C12H22O2/c1-3-4-11(12(13)14)10-7-5-9(2)6-8-10/h9-11H,3-8H2,1-2H3,(H,13,14). The molecule has 2 heteroatoms. The summed E-state index contributed by atoms with van der Waals surface area (Å²) in [5.41, 5.74) is 0. The first-order valence-corrected chi connectivity index (χ1v) is 5.88. The normalized spacial score (nSPS) is 29.9. The molecular formula is C12H22O2. The average molecular weight is 198 g/mol. The van der Waals surface area contributed by atoms with E-state index in [1.165, 1.54) is 12.8 Å². The summed E-state index contributed by atoms with van der Waals surface area (Å²) in [6.07, 6.45) is 6.53. The van der Waals surface area contributed by atoms with Gasteiger partial charge in [0.2, 0.25) is 0 Å². The third-order valence-electron chi connectivity index (χ3n) is 3.55. The highest BCUT2D eigenvalue weighted by Gasteiger charge is 2.29. The van der Waals surface area contributed by atoms with Crippen molar-refractivity contribution >= 4 is 5.97 Å². The second-order valence-corrected chi connectivity index (χ2v) is 4.75. The first-order chi connectivity index (χ1) is 6.65. The van der Waals surface area contributed by atoms with Gasteiger partial charge >= 0.3 is 5.97 Å². The maximum atomic E-state index is 11.1. The molecule has 1 fully saturated rings. The van der Waals surface area contributed by atoms with E-state index in [0.29, 0.717) is 5.92 Å². The molecule has 1 saturated carbocycles. The Morgan fingerprint density at radius 2 is 1.93 bits per heavy atom. The predicted molar refractivity (Wildman–Crippen MR) is 57.2 cm³/mol. The van der Waals surface area contributed by atoms with Crippen molar-refractivity contribution in [1.29, 1.82) is 0 Å². The van der Waals surface area contributed by atoms with Crippen LogP contribution < -0.4 is 0 Å². The molecule has 1 aliphatic rings. The van der Waals surface area contributed by atoms with Crippen LogP contribution >= 0.6 is 0 Å². The SMILES string of the molecule is CCCC(C(=O)O)C1CCC(C)CC1. The van der Waals surface area contributed by atoms with Crippen molar-refractivity contribution in [3.8, 4) is 0 Å². The highest BCUT2D eigenvalue weighted by Crippen LogP contribution is 2.35. The zero-order chi connectivity index (χ0) is 10.6. The number of hydrogen-bond donors (Lipinski definition) is 1. The molecule has 1 aliphatic carbocycles. The van der Waals surface area contributed by atoms with Gasteiger partial charge in [-0.15, -0.1) is 0 Å². The van der Waals surface area contributed by atoms with E-state index in [2.05, 4.69) is 13.8 Å². The smallest absolute Gasteiger partial charge is 0.306 e. The highest BCUT2D eigenvalue weighted by atomic mass is 16.4. The van der Waals surface area contributed by atoms with Crippen molar-refractivity contribution in [3.05, 3.63) is 0 Å². The van der Waals surface area contributed by atoms with Gasteiger partial charge in [-0.3, -0.25) is 4.79 Å². The maximum absolute atomic E-state index is 11.1. The monoisotopic (exact) mass is 198 g/mol. The summed E-state index contributed by atoms with van der Waals surface area (Å²) in [4.78, 5) is 11.1. The van der Waals surface area contributed by atoms with E-state index in [1.54, 1.807) is 0 Å². The maximum Gasteiger partial charge on any atom is 0.306 e. The van der Waals surface area contributed by atoms with E-state index in [-0.39, 0.29) is 5.92 Å². The average Bonchev–Trinajstić information content (AvgIpc) is 2.15. The molecule has 14 heavy (non-hydrogen) atoms. The van der Waals surface area contributed by atoms with Crippen LogP contribution in [-0.4, -0.2) is 11.1 Å². The lowest BCUT2D eigenvalue weighted by atomic mass is 9.75. The molecule has 0 aromatic heterocycles. The summed E-state index contributed by atoms with van der Waals surface area (Å²) in [5.74, 6) is 0.602. The van der Waals surface area contributed by atoms with Gasteiger partial charge < -0.3 is 5.11 Å². The quantitative estimate of drug-likeness (QED) is 0.752. The van der Waals surface area contributed by atoms with Crippen molar-refractivity contribution in [2.45, 2.75) is 52.4 Å². The fourth-order valence-electron chi connectivity index (χ4n) is 2.56. The van der Waals surface area contributed by atoms with Gasteiger partial charge in [-0.2, -0.15) is 0 Å². The largest absolute Gasteiger partial charge is 0.481 e. The van der Waals surface area contributed by atoms with E-state index in [1.807, 2.05) is 0 Å². The molecule has 0 spiro atoms. The lowest BCUT2D eigenvalue weighted by Gasteiger charge is -2.30. The van der Waals surface area contributed by atoms with Crippen molar-refractivity contribution in [2.24, 2.45) is 17.8 Å². The third-order valence-corrected chi connectivity index (χ3v) is 3.55. The molecule has 0 aliphatic heterocycles. The molecule has 1 unspecified atom stereocenters. The molecule has 82 valence electrons. The second-order valence-electron chi connectivity index (χ2n) is 4.75. The van der Waals surface area contributed by atoms with Gasteiger partial charge in [0.15, 0.2) is 0 Å². The molecule has 1 N–H and O–H groups in total. The summed E-state index contributed by atoms with van der Waals surface area (Å²) in [6.45, 7) is 4.34. The lowest BCUT2D eigenvalue weighted by Crippen LogP contribution is -2.27. The Kier molecular flexibility index (Phi) is 4.43. The van der Waals surface area contributed by atoms with Crippen molar-refractivity contribution in [1.82, 2.24) is 0 Å². The molecule has 1 atom stereocenters. The van der Waals surface area contributed by atoms with E-state index in [0.717, 1.165) is 31.6 Å². The molecule has 0 aromatic rings. The Labute approximate surface area is 86.7 Å². The Morgan fingerprint density at radius 3 is 2.36 bits per heavy atom. The number of rotatable bonds is 4. The predicted octanol–water partition coefficient (Wildman–Crippen LogP) is 3.31. The van der Waals surface area contributed by atoms with Gasteiger partial charge in [0.05, 0.1) is 5.92 Å². The summed E-state index contributed by atoms with van der Waals surface area (Å²) in [7, 11) is 0. The highest BCUT2D eigenvalue weighted by molar-refractivity contribution is 5.70. The number of carboxylic acid groups (broad SMARTS) is 1. The molecule has 1 rings (SSSR count). The zero-order valence-corrected chi connectivity index (χ0v) is 9.33. The Bertz CT molecular complexity index is 181. The molecule has 2 nitrogen and oxygen atoms in total. The van der Waals surface area contributed by atoms with Gasteiger partial charge in [-0.05, 0) is 31.1 Å². The van der Waals surface area contributed by atoms with Crippen LogP contribution in [0.4, 0.5) is 0 Å². The molecule has 0 radical (unpaired) electrons. The van der Waals surface area contributed by atoms with Crippen molar-refractivity contribution in [2.75, 3.05) is 0 Å². The van der Waals surface area contributed by atoms with Gasteiger partial charge in [-0.25, -0.2) is 0 Å². The number of hydrogen-bond acceptors (Lipinski definition) is 1. The molecule has 0 saturated heterocycles. The molecule has 0 amide bonds. The first-order valence-electron chi connectivity index (χ1n) is 5.88. The Morgan fingerprint density at radius 1 is 1.36 bits per heavy atom. The molecule has 0 aromatic carbocycles.